The summed E-state index contributed by atoms with van der Waals surface area (Å²) in [6, 6.07) is 2.23. The standard InChI is InChI=1S/C16H24N2O2S/c1-11-8-12-13(9-16(2,3)10-14(12)20-11)17-15(19)18-4-6-21-7-5-18/h8,13H,4-7,9-10H2,1-3H3,(H,17,19). The first-order valence-electron chi connectivity index (χ1n) is 7.67. The Bertz CT molecular complexity index is 532. The fourth-order valence-electron chi connectivity index (χ4n) is 3.32. The highest BCUT2D eigenvalue weighted by Crippen LogP contribution is 2.42. The molecule has 0 spiro atoms. The van der Waals surface area contributed by atoms with Crippen molar-refractivity contribution in [1.82, 2.24) is 10.2 Å². The number of nitrogens with one attached hydrogen (secondary N) is 1. The van der Waals surface area contributed by atoms with E-state index in [1.807, 2.05) is 23.6 Å². The van der Waals surface area contributed by atoms with Gasteiger partial charge >= 0.3 is 6.03 Å². The molecule has 2 aliphatic rings. The number of carbonyl (C=O) groups is 1. The topological polar surface area (TPSA) is 45.5 Å². The van der Waals surface area contributed by atoms with Crippen molar-refractivity contribution in [2.75, 3.05) is 24.6 Å². The van der Waals surface area contributed by atoms with Gasteiger partial charge in [0.15, 0.2) is 0 Å². The summed E-state index contributed by atoms with van der Waals surface area (Å²) in [7, 11) is 0. The average molecular weight is 308 g/mol. The van der Waals surface area contributed by atoms with Gasteiger partial charge in [-0.2, -0.15) is 11.8 Å². The third-order valence-corrected chi connectivity index (χ3v) is 5.27. The minimum atomic E-state index is 0.0720. The van der Waals surface area contributed by atoms with Crippen molar-refractivity contribution in [3.8, 4) is 0 Å². The molecule has 1 unspecified atom stereocenters. The molecule has 3 rings (SSSR count). The molecule has 0 aromatic carbocycles. The summed E-state index contributed by atoms with van der Waals surface area (Å²) in [5.41, 5.74) is 1.33. The Labute approximate surface area is 130 Å². The van der Waals surface area contributed by atoms with Gasteiger partial charge in [-0.25, -0.2) is 4.79 Å². The van der Waals surface area contributed by atoms with Gasteiger partial charge in [-0.05, 0) is 24.8 Å². The molecule has 0 saturated carbocycles. The number of amides is 2. The Morgan fingerprint density at radius 1 is 1.43 bits per heavy atom. The third-order valence-electron chi connectivity index (χ3n) is 4.33. The minimum Gasteiger partial charge on any atom is -0.466 e. The molecule has 1 N–H and O–H groups in total. The lowest BCUT2D eigenvalue weighted by atomic mass is 9.75. The zero-order valence-electron chi connectivity index (χ0n) is 13.1. The first-order valence-corrected chi connectivity index (χ1v) is 8.82. The predicted molar refractivity (Wildman–Crippen MR) is 85.7 cm³/mol. The highest BCUT2D eigenvalue weighted by molar-refractivity contribution is 7.99. The van der Waals surface area contributed by atoms with E-state index in [0.29, 0.717) is 0 Å². The van der Waals surface area contributed by atoms with Crippen LogP contribution in [0.4, 0.5) is 4.79 Å². The number of urea groups is 1. The number of rotatable bonds is 1. The van der Waals surface area contributed by atoms with E-state index in [1.54, 1.807) is 0 Å². The third kappa shape index (κ3) is 3.23. The number of thioether (sulfide) groups is 1. The van der Waals surface area contributed by atoms with E-state index in [9.17, 15) is 4.79 Å². The van der Waals surface area contributed by atoms with Crippen LogP contribution in [-0.2, 0) is 6.42 Å². The Morgan fingerprint density at radius 2 is 2.14 bits per heavy atom. The van der Waals surface area contributed by atoms with Gasteiger partial charge in [-0.1, -0.05) is 13.8 Å². The molecule has 116 valence electrons. The van der Waals surface area contributed by atoms with Crippen LogP contribution >= 0.6 is 11.8 Å². The fraction of sp³-hybridized carbons (Fsp3) is 0.688. The summed E-state index contributed by atoms with van der Waals surface area (Å²) in [6.07, 6.45) is 1.91. The molecule has 1 aliphatic heterocycles. The first-order chi connectivity index (χ1) is 9.94. The molecule has 5 heteroatoms. The van der Waals surface area contributed by atoms with Gasteiger partial charge in [0, 0.05) is 36.6 Å². The maximum Gasteiger partial charge on any atom is 0.317 e. The lowest BCUT2D eigenvalue weighted by Gasteiger charge is -2.36. The smallest absolute Gasteiger partial charge is 0.317 e. The monoisotopic (exact) mass is 308 g/mol. The fourth-order valence-corrected chi connectivity index (χ4v) is 4.22. The van der Waals surface area contributed by atoms with Crippen molar-refractivity contribution >= 4 is 17.8 Å². The van der Waals surface area contributed by atoms with Crippen LogP contribution in [0.2, 0.25) is 0 Å². The van der Waals surface area contributed by atoms with Crippen LogP contribution in [0.15, 0.2) is 10.5 Å². The quantitative estimate of drug-likeness (QED) is 0.865. The van der Waals surface area contributed by atoms with E-state index in [4.69, 9.17) is 4.42 Å². The van der Waals surface area contributed by atoms with Crippen molar-refractivity contribution in [3.63, 3.8) is 0 Å². The normalized spacial score (nSPS) is 24.5. The molecule has 2 amide bonds. The number of furan rings is 1. The molecule has 1 fully saturated rings. The number of nitrogens with zero attached hydrogens (tertiary/aromatic N) is 1. The second-order valence-electron chi connectivity index (χ2n) is 6.88. The van der Waals surface area contributed by atoms with Crippen LogP contribution in [-0.4, -0.2) is 35.5 Å². The molecular weight excluding hydrogens is 284 g/mol. The van der Waals surface area contributed by atoms with E-state index in [0.717, 1.165) is 49.0 Å². The molecule has 0 bridgehead atoms. The maximum atomic E-state index is 12.5. The van der Waals surface area contributed by atoms with Gasteiger partial charge in [-0.15, -0.1) is 0 Å². The van der Waals surface area contributed by atoms with E-state index in [1.165, 1.54) is 5.56 Å². The SMILES string of the molecule is Cc1cc2c(o1)CC(C)(C)CC2NC(=O)N1CCSCC1. The first kappa shape index (κ1) is 14.8. The number of hydrogen-bond acceptors (Lipinski definition) is 3. The van der Waals surface area contributed by atoms with Gasteiger partial charge in [0.25, 0.3) is 0 Å². The van der Waals surface area contributed by atoms with Gasteiger partial charge in [0.2, 0.25) is 0 Å². The Balaban J connectivity index is 1.76. The highest BCUT2D eigenvalue weighted by Gasteiger charge is 2.36. The summed E-state index contributed by atoms with van der Waals surface area (Å²) in [5, 5.41) is 3.23. The molecule has 2 heterocycles. The molecule has 0 radical (unpaired) electrons. The van der Waals surface area contributed by atoms with Crippen molar-refractivity contribution in [3.05, 3.63) is 23.2 Å². The number of fused-ring (bicyclic) bond motifs is 1. The van der Waals surface area contributed by atoms with E-state index < -0.39 is 0 Å². The number of aryl methyl sites for hydroxylation is 1. The summed E-state index contributed by atoms with van der Waals surface area (Å²) in [4.78, 5) is 14.4. The minimum absolute atomic E-state index is 0.0720. The molecule has 1 saturated heterocycles. The molecule has 4 nitrogen and oxygen atoms in total. The van der Waals surface area contributed by atoms with Crippen LogP contribution < -0.4 is 5.32 Å². The summed E-state index contributed by atoms with van der Waals surface area (Å²) < 4.78 is 5.83. The van der Waals surface area contributed by atoms with Crippen molar-refractivity contribution in [2.24, 2.45) is 5.41 Å². The Hall–Kier alpha value is -1.10. The van der Waals surface area contributed by atoms with Crippen LogP contribution in [0, 0.1) is 12.3 Å². The highest BCUT2D eigenvalue weighted by atomic mass is 32.2. The molecule has 21 heavy (non-hydrogen) atoms. The van der Waals surface area contributed by atoms with Crippen molar-refractivity contribution in [1.29, 1.82) is 0 Å². The lowest BCUT2D eigenvalue weighted by molar-refractivity contribution is 0.185. The zero-order valence-corrected chi connectivity index (χ0v) is 13.9. The van der Waals surface area contributed by atoms with E-state index in [-0.39, 0.29) is 17.5 Å². The summed E-state index contributed by atoms with van der Waals surface area (Å²) in [5.74, 6) is 4.06. The van der Waals surface area contributed by atoms with Gasteiger partial charge in [0.05, 0.1) is 6.04 Å². The van der Waals surface area contributed by atoms with E-state index >= 15 is 0 Å². The summed E-state index contributed by atoms with van der Waals surface area (Å²) >= 11 is 1.92. The van der Waals surface area contributed by atoms with Crippen LogP contribution in [0.3, 0.4) is 0 Å². The zero-order chi connectivity index (χ0) is 15.0. The number of carbonyl (C=O) groups excluding carboxylic acids is 1. The van der Waals surface area contributed by atoms with Crippen molar-refractivity contribution < 1.29 is 9.21 Å². The molecule has 1 aliphatic carbocycles. The molecular formula is C16H24N2O2S. The number of hydrogen-bond donors (Lipinski definition) is 1. The van der Waals surface area contributed by atoms with Gasteiger partial charge < -0.3 is 14.6 Å². The second-order valence-corrected chi connectivity index (χ2v) is 8.11. The van der Waals surface area contributed by atoms with Crippen LogP contribution in [0.25, 0.3) is 0 Å². The molecule has 1 aromatic heterocycles. The van der Waals surface area contributed by atoms with Crippen LogP contribution in [0.1, 0.15) is 43.4 Å². The van der Waals surface area contributed by atoms with Crippen molar-refractivity contribution in [2.45, 2.75) is 39.7 Å². The van der Waals surface area contributed by atoms with E-state index in [2.05, 4.69) is 25.2 Å². The van der Waals surface area contributed by atoms with Crippen LogP contribution in [0.5, 0.6) is 0 Å². The largest absolute Gasteiger partial charge is 0.466 e. The average Bonchev–Trinajstić information content (AvgIpc) is 2.78. The summed E-state index contributed by atoms with van der Waals surface area (Å²) in [6.45, 7) is 8.16. The Kier molecular flexibility index (Phi) is 3.95. The van der Waals surface area contributed by atoms with Gasteiger partial charge in [-0.3, -0.25) is 0 Å². The predicted octanol–water partition coefficient (Wildman–Crippen LogP) is 3.36. The second kappa shape index (κ2) is 5.59. The lowest BCUT2D eigenvalue weighted by Crippen LogP contribution is -2.47. The molecule has 1 aromatic rings. The Morgan fingerprint density at radius 3 is 2.86 bits per heavy atom. The maximum absolute atomic E-state index is 12.5. The van der Waals surface area contributed by atoms with Gasteiger partial charge in [0.1, 0.15) is 11.5 Å². The molecule has 1 atom stereocenters.